The predicted molar refractivity (Wildman–Crippen MR) is 270 cm³/mol. The largest absolute Gasteiger partial charge is 0.310 e. The van der Waals surface area contributed by atoms with E-state index in [0.717, 1.165) is 56.6 Å². The predicted octanol–water partition coefficient (Wildman–Crippen LogP) is 16.5. The topological polar surface area (TPSA) is 16.3 Å². The zero-order valence-electron chi connectivity index (χ0n) is 35.0. The summed E-state index contributed by atoms with van der Waals surface area (Å²) >= 11 is 0. The summed E-state index contributed by atoms with van der Waals surface area (Å²) in [7, 11) is 0. The minimum absolute atomic E-state index is 1.09. The molecule has 0 spiro atoms. The third kappa shape index (κ3) is 6.40. The maximum absolute atomic E-state index is 2.38. The van der Waals surface area contributed by atoms with E-state index in [-0.39, 0.29) is 0 Å². The van der Waals surface area contributed by atoms with Gasteiger partial charge in [0, 0.05) is 67.0 Å². The van der Waals surface area contributed by atoms with E-state index in [4.69, 9.17) is 0 Å². The molecule has 12 rings (SSSR count). The van der Waals surface area contributed by atoms with E-state index >= 15 is 0 Å². The molecule has 2 heterocycles. The maximum Gasteiger partial charge on any atom is 0.0541 e. The van der Waals surface area contributed by atoms with Crippen molar-refractivity contribution < 1.29 is 0 Å². The number of aromatic nitrogens is 2. The van der Waals surface area contributed by atoms with Crippen LogP contribution in [0.5, 0.6) is 0 Å². The van der Waals surface area contributed by atoms with Crippen LogP contribution in [-0.4, -0.2) is 9.13 Å². The SMILES string of the molecule is c1ccc(N(c2ccc(-c3ccc(N(c4ccccc4)c4cccc(-n5c6ccccc6c6ccccc65)c4)cc3)cc2)c2cccc(-n3c4ccccc4c4ccccc43)c2)cc1. The minimum Gasteiger partial charge on any atom is -0.310 e. The Hall–Kier alpha value is -8.60. The lowest BCUT2D eigenvalue weighted by atomic mass is 10.0. The molecule has 0 aliphatic heterocycles. The first-order valence-corrected chi connectivity index (χ1v) is 21.8. The Morgan fingerprint density at radius 2 is 0.500 bits per heavy atom. The Morgan fingerprint density at radius 3 is 0.844 bits per heavy atom. The smallest absolute Gasteiger partial charge is 0.0541 e. The molecular weight excluding hydrogens is 777 g/mol. The van der Waals surface area contributed by atoms with Gasteiger partial charge in [0.15, 0.2) is 0 Å². The molecule has 0 atom stereocenters. The van der Waals surface area contributed by atoms with Crippen molar-refractivity contribution in [1.29, 1.82) is 0 Å². The van der Waals surface area contributed by atoms with Gasteiger partial charge in [-0.25, -0.2) is 0 Å². The Bertz CT molecular complexity index is 3260. The molecule has 0 N–H and O–H groups in total. The summed E-state index contributed by atoms with van der Waals surface area (Å²) in [5.41, 5.74) is 15.9. The number of fused-ring (bicyclic) bond motifs is 6. The first-order valence-electron chi connectivity index (χ1n) is 21.8. The molecule has 4 nitrogen and oxygen atoms in total. The number of nitrogens with zero attached hydrogens (tertiary/aromatic N) is 4. The van der Waals surface area contributed by atoms with E-state index in [1.165, 1.54) is 43.6 Å². The molecule has 64 heavy (non-hydrogen) atoms. The summed E-state index contributed by atoms with van der Waals surface area (Å²) in [6, 6.07) is 91.6. The van der Waals surface area contributed by atoms with Gasteiger partial charge in [-0.2, -0.15) is 0 Å². The first-order chi connectivity index (χ1) is 31.8. The number of hydrogen-bond donors (Lipinski definition) is 0. The monoisotopic (exact) mass is 818 g/mol. The van der Waals surface area contributed by atoms with Gasteiger partial charge < -0.3 is 18.9 Å². The van der Waals surface area contributed by atoms with Gasteiger partial charge >= 0.3 is 0 Å². The second kappa shape index (κ2) is 15.7. The van der Waals surface area contributed by atoms with Gasteiger partial charge in [0.05, 0.1) is 22.1 Å². The lowest BCUT2D eigenvalue weighted by Gasteiger charge is -2.27. The number of para-hydroxylation sites is 6. The summed E-state index contributed by atoms with van der Waals surface area (Å²) < 4.78 is 4.76. The molecule has 0 aliphatic rings. The molecule has 0 amide bonds. The van der Waals surface area contributed by atoms with Crippen molar-refractivity contribution >= 4 is 77.7 Å². The number of anilines is 6. The fourth-order valence-electron chi connectivity index (χ4n) is 9.60. The Labute approximate surface area is 372 Å². The molecule has 0 aliphatic carbocycles. The number of hydrogen-bond acceptors (Lipinski definition) is 2. The second-order valence-corrected chi connectivity index (χ2v) is 16.2. The van der Waals surface area contributed by atoms with E-state index in [2.05, 4.69) is 274 Å². The van der Waals surface area contributed by atoms with E-state index in [1.807, 2.05) is 0 Å². The molecule has 0 bridgehead atoms. The van der Waals surface area contributed by atoms with Gasteiger partial charge in [-0.15, -0.1) is 0 Å². The molecule has 0 unspecified atom stereocenters. The molecule has 4 heteroatoms. The molecule has 302 valence electrons. The highest BCUT2D eigenvalue weighted by Gasteiger charge is 2.19. The van der Waals surface area contributed by atoms with Crippen LogP contribution in [0.3, 0.4) is 0 Å². The summed E-state index contributed by atoms with van der Waals surface area (Å²) in [5.74, 6) is 0. The van der Waals surface area contributed by atoms with Gasteiger partial charge in [-0.3, -0.25) is 0 Å². The van der Waals surface area contributed by atoms with E-state index in [9.17, 15) is 0 Å². The number of benzene rings is 10. The van der Waals surface area contributed by atoms with Crippen molar-refractivity contribution in [3.8, 4) is 22.5 Å². The minimum atomic E-state index is 1.09. The zero-order chi connectivity index (χ0) is 42.4. The molecule has 0 saturated heterocycles. The van der Waals surface area contributed by atoms with Crippen molar-refractivity contribution in [3.05, 3.63) is 255 Å². The number of rotatable bonds is 9. The molecular formula is C60H42N4. The standard InChI is InChI=1S/C60H42N4/c1-3-17-45(18-4-1)61(49-21-15-23-51(41-49)63-57-29-11-7-25-53(57)54-26-8-12-30-58(54)63)47-37-33-43(34-38-47)44-35-39-48(40-36-44)62(46-19-5-2-6-20-46)50-22-16-24-52(42-50)64-59-31-13-9-27-55(59)56-28-10-14-32-60(56)64/h1-42H. The van der Waals surface area contributed by atoms with Crippen molar-refractivity contribution in [2.24, 2.45) is 0 Å². The second-order valence-electron chi connectivity index (χ2n) is 16.2. The van der Waals surface area contributed by atoms with Crippen molar-refractivity contribution in [2.45, 2.75) is 0 Å². The van der Waals surface area contributed by atoms with Crippen LogP contribution in [0, 0.1) is 0 Å². The zero-order valence-corrected chi connectivity index (χ0v) is 35.0. The van der Waals surface area contributed by atoms with Crippen LogP contribution in [0.4, 0.5) is 34.1 Å². The Balaban J connectivity index is 0.890. The van der Waals surface area contributed by atoms with Gasteiger partial charge in [0.25, 0.3) is 0 Å². The van der Waals surface area contributed by atoms with Gasteiger partial charge in [-0.1, -0.05) is 146 Å². The fourth-order valence-corrected chi connectivity index (χ4v) is 9.60. The highest BCUT2D eigenvalue weighted by Crippen LogP contribution is 2.41. The Kier molecular flexibility index (Phi) is 9.12. The molecule has 0 radical (unpaired) electrons. The average molecular weight is 819 g/mol. The van der Waals surface area contributed by atoms with Crippen molar-refractivity contribution in [3.63, 3.8) is 0 Å². The van der Waals surface area contributed by atoms with E-state index < -0.39 is 0 Å². The van der Waals surface area contributed by atoms with Crippen molar-refractivity contribution in [1.82, 2.24) is 9.13 Å². The van der Waals surface area contributed by atoms with Crippen LogP contribution >= 0.6 is 0 Å². The Morgan fingerprint density at radius 1 is 0.219 bits per heavy atom. The summed E-state index contributed by atoms with van der Waals surface area (Å²) in [6.07, 6.45) is 0. The van der Waals surface area contributed by atoms with Crippen LogP contribution in [0.25, 0.3) is 66.1 Å². The van der Waals surface area contributed by atoms with Crippen LogP contribution < -0.4 is 9.80 Å². The van der Waals surface area contributed by atoms with E-state index in [1.54, 1.807) is 0 Å². The molecule has 0 fully saturated rings. The normalized spacial score (nSPS) is 11.4. The fraction of sp³-hybridized carbons (Fsp3) is 0. The highest BCUT2D eigenvalue weighted by molar-refractivity contribution is 6.10. The molecule has 2 aromatic heterocycles. The average Bonchev–Trinajstić information content (AvgIpc) is 3.89. The maximum atomic E-state index is 2.38. The molecule has 0 saturated carbocycles. The van der Waals surface area contributed by atoms with Gasteiger partial charge in [0.2, 0.25) is 0 Å². The van der Waals surface area contributed by atoms with Gasteiger partial charge in [-0.05, 0) is 120 Å². The van der Waals surface area contributed by atoms with Crippen molar-refractivity contribution in [2.75, 3.05) is 9.80 Å². The third-order valence-corrected chi connectivity index (χ3v) is 12.5. The summed E-state index contributed by atoms with van der Waals surface area (Å²) in [6.45, 7) is 0. The highest BCUT2D eigenvalue weighted by atomic mass is 15.2. The van der Waals surface area contributed by atoms with Crippen LogP contribution in [-0.2, 0) is 0 Å². The lowest BCUT2D eigenvalue weighted by Crippen LogP contribution is -2.10. The summed E-state index contributed by atoms with van der Waals surface area (Å²) in [4.78, 5) is 4.69. The van der Waals surface area contributed by atoms with Crippen LogP contribution in [0.2, 0.25) is 0 Å². The van der Waals surface area contributed by atoms with E-state index in [0.29, 0.717) is 0 Å². The first kappa shape index (κ1) is 37.2. The third-order valence-electron chi connectivity index (χ3n) is 12.5. The molecule has 12 aromatic rings. The van der Waals surface area contributed by atoms with Crippen LogP contribution in [0.1, 0.15) is 0 Å². The van der Waals surface area contributed by atoms with Gasteiger partial charge in [0.1, 0.15) is 0 Å². The summed E-state index contributed by atoms with van der Waals surface area (Å²) in [5, 5.41) is 5.02. The lowest BCUT2D eigenvalue weighted by molar-refractivity contribution is 1.17. The molecule has 10 aromatic carbocycles. The van der Waals surface area contributed by atoms with Crippen LogP contribution in [0.15, 0.2) is 255 Å². The quantitative estimate of drug-likeness (QED) is 0.144.